The molecule has 106 valence electrons. The van der Waals surface area contributed by atoms with Crippen molar-refractivity contribution in [3.05, 3.63) is 16.0 Å². The number of esters is 2. The second-order valence-electron chi connectivity index (χ2n) is 3.87. The van der Waals surface area contributed by atoms with Crippen LogP contribution in [0.25, 0.3) is 0 Å². The third-order valence-corrected chi connectivity index (χ3v) is 3.73. The molecule has 6 heteroatoms. The summed E-state index contributed by atoms with van der Waals surface area (Å²) in [5.74, 6) is -0.711. The highest BCUT2D eigenvalue weighted by molar-refractivity contribution is 7.16. The van der Waals surface area contributed by atoms with Crippen molar-refractivity contribution in [3.63, 3.8) is 0 Å². The standard InChI is InChI=1S/C13H19NO4S/c1-5-17-10(15)7-14-12-11(13(16)18-6-2)8(3)9(4)19-12/h14H,5-7H2,1-4H3. The van der Waals surface area contributed by atoms with Crippen molar-refractivity contribution in [1.29, 1.82) is 0 Å². The Balaban J connectivity index is 2.85. The van der Waals surface area contributed by atoms with Crippen LogP contribution in [0.1, 0.15) is 34.6 Å². The number of carbonyl (C=O) groups is 2. The molecule has 0 fully saturated rings. The predicted molar refractivity (Wildman–Crippen MR) is 74.9 cm³/mol. The van der Waals surface area contributed by atoms with Crippen LogP contribution in [0.2, 0.25) is 0 Å². The van der Waals surface area contributed by atoms with Gasteiger partial charge in [0.1, 0.15) is 11.5 Å². The topological polar surface area (TPSA) is 64.6 Å². The van der Waals surface area contributed by atoms with Crippen LogP contribution in [-0.4, -0.2) is 31.7 Å². The average Bonchev–Trinajstić information content (AvgIpc) is 2.63. The molecule has 0 radical (unpaired) electrons. The molecule has 0 amide bonds. The van der Waals surface area contributed by atoms with Crippen molar-refractivity contribution in [2.24, 2.45) is 0 Å². The number of anilines is 1. The molecule has 5 nitrogen and oxygen atoms in total. The van der Waals surface area contributed by atoms with E-state index in [2.05, 4.69) is 5.32 Å². The van der Waals surface area contributed by atoms with Gasteiger partial charge in [-0.2, -0.15) is 0 Å². The number of hydrogen-bond donors (Lipinski definition) is 1. The number of ether oxygens (including phenoxy) is 2. The van der Waals surface area contributed by atoms with Crippen molar-refractivity contribution in [2.45, 2.75) is 27.7 Å². The Morgan fingerprint density at radius 3 is 2.37 bits per heavy atom. The van der Waals surface area contributed by atoms with E-state index in [4.69, 9.17) is 9.47 Å². The molecule has 0 bridgehead atoms. The normalized spacial score (nSPS) is 10.1. The molecular weight excluding hydrogens is 266 g/mol. The summed E-state index contributed by atoms with van der Waals surface area (Å²) < 4.78 is 9.86. The van der Waals surface area contributed by atoms with E-state index in [0.717, 1.165) is 10.4 Å². The highest BCUT2D eigenvalue weighted by Gasteiger charge is 2.20. The second-order valence-corrected chi connectivity index (χ2v) is 5.09. The zero-order valence-electron chi connectivity index (χ0n) is 11.7. The van der Waals surface area contributed by atoms with Crippen LogP contribution in [0.5, 0.6) is 0 Å². The largest absolute Gasteiger partial charge is 0.465 e. The fourth-order valence-corrected chi connectivity index (χ4v) is 2.61. The summed E-state index contributed by atoms with van der Waals surface area (Å²) >= 11 is 1.44. The summed E-state index contributed by atoms with van der Waals surface area (Å²) in [6, 6.07) is 0. The summed E-state index contributed by atoms with van der Waals surface area (Å²) in [5.41, 5.74) is 1.39. The maximum atomic E-state index is 11.9. The van der Waals surface area contributed by atoms with Gasteiger partial charge in [0.2, 0.25) is 0 Å². The molecule has 0 saturated heterocycles. The number of hydrogen-bond acceptors (Lipinski definition) is 6. The molecule has 1 aromatic heterocycles. The molecule has 0 spiro atoms. The summed E-state index contributed by atoms with van der Waals surface area (Å²) in [4.78, 5) is 24.2. The van der Waals surface area contributed by atoms with E-state index >= 15 is 0 Å². The van der Waals surface area contributed by atoms with E-state index in [-0.39, 0.29) is 18.5 Å². The van der Waals surface area contributed by atoms with Gasteiger partial charge in [-0.05, 0) is 33.3 Å². The molecule has 1 aromatic rings. The van der Waals surface area contributed by atoms with Gasteiger partial charge in [-0.1, -0.05) is 0 Å². The van der Waals surface area contributed by atoms with Crippen LogP contribution in [0.15, 0.2) is 0 Å². The first kappa shape index (κ1) is 15.5. The smallest absolute Gasteiger partial charge is 0.341 e. The van der Waals surface area contributed by atoms with Gasteiger partial charge in [0.05, 0.1) is 18.8 Å². The lowest BCUT2D eigenvalue weighted by molar-refractivity contribution is -0.140. The Morgan fingerprint density at radius 2 is 1.79 bits per heavy atom. The van der Waals surface area contributed by atoms with Gasteiger partial charge < -0.3 is 14.8 Å². The second kappa shape index (κ2) is 7.13. The Labute approximate surface area is 116 Å². The molecule has 1 N–H and O–H groups in total. The van der Waals surface area contributed by atoms with Gasteiger partial charge in [-0.25, -0.2) is 4.79 Å². The maximum Gasteiger partial charge on any atom is 0.341 e. The number of aryl methyl sites for hydroxylation is 1. The zero-order valence-corrected chi connectivity index (χ0v) is 12.5. The van der Waals surface area contributed by atoms with Crippen LogP contribution < -0.4 is 5.32 Å². The molecule has 1 rings (SSSR count). The minimum absolute atomic E-state index is 0.0413. The predicted octanol–water partition coefficient (Wildman–Crippen LogP) is 2.52. The van der Waals surface area contributed by atoms with Crippen molar-refractivity contribution in [2.75, 3.05) is 25.1 Å². The average molecular weight is 285 g/mol. The Hall–Kier alpha value is -1.56. The number of carbonyl (C=O) groups excluding carboxylic acids is 2. The summed E-state index contributed by atoms with van der Waals surface area (Å²) in [6.07, 6.45) is 0. The third-order valence-electron chi connectivity index (χ3n) is 2.56. The summed E-state index contributed by atoms with van der Waals surface area (Å²) in [6.45, 7) is 8.02. The van der Waals surface area contributed by atoms with E-state index in [1.54, 1.807) is 13.8 Å². The zero-order chi connectivity index (χ0) is 14.4. The molecule has 0 unspecified atom stereocenters. The van der Waals surface area contributed by atoms with Crippen LogP contribution in [0, 0.1) is 13.8 Å². The number of nitrogens with one attached hydrogen (secondary N) is 1. The Morgan fingerprint density at radius 1 is 1.16 bits per heavy atom. The van der Waals surface area contributed by atoms with Gasteiger partial charge in [-0.3, -0.25) is 4.79 Å². The van der Waals surface area contributed by atoms with Crippen molar-refractivity contribution in [1.82, 2.24) is 0 Å². The molecule has 0 atom stereocenters. The summed E-state index contributed by atoms with van der Waals surface area (Å²) in [7, 11) is 0. The lowest BCUT2D eigenvalue weighted by Gasteiger charge is -2.07. The number of rotatable bonds is 6. The highest BCUT2D eigenvalue weighted by atomic mass is 32.1. The van der Waals surface area contributed by atoms with Gasteiger partial charge in [0.15, 0.2) is 0 Å². The van der Waals surface area contributed by atoms with Crippen LogP contribution in [0.4, 0.5) is 5.00 Å². The minimum Gasteiger partial charge on any atom is -0.465 e. The fourth-order valence-electron chi connectivity index (χ4n) is 1.56. The van der Waals surface area contributed by atoms with E-state index < -0.39 is 0 Å². The molecule has 0 aliphatic carbocycles. The first-order valence-electron chi connectivity index (χ1n) is 6.17. The lowest BCUT2D eigenvalue weighted by Crippen LogP contribution is -2.18. The van der Waals surface area contributed by atoms with Crippen molar-refractivity contribution >= 4 is 28.3 Å². The SMILES string of the molecule is CCOC(=O)CNc1sc(C)c(C)c1C(=O)OCC. The Kier molecular flexibility index (Phi) is 5.82. The van der Waals surface area contributed by atoms with Crippen molar-refractivity contribution < 1.29 is 19.1 Å². The molecule has 0 aliphatic heterocycles. The first-order chi connectivity index (χ1) is 9.01. The lowest BCUT2D eigenvalue weighted by atomic mass is 10.1. The van der Waals surface area contributed by atoms with Gasteiger partial charge >= 0.3 is 11.9 Å². The first-order valence-corrected chi connectivity index (χ1v) is 6.99. The molecular formula is C13H19NO4S. The van der Waals surface area contributed by atoms with Gasteiger partial charge in [0.25, 0.3) is 0 Å². The van der Waals surface area contributed by atoms with Crippen LogP contribution in [-0.2, 0) is 14.3 Å². The fraction of sp³-hybridized carbons (Fsp3) is 0.538. The van der Waals surface area contributed by atoms with Gasteiger partial charge in [0, 0.05) is 4.88 Å². The van der Waals surface area contributed by atoms with E-state index in [0.29, 0.717) is 23.8 Å². The van der Waals surface area contributed by atoms with Crippen LogP contribution in [0.3, 0.4) is 0 Å². The van der Waals surface area contributed by atoms with E-state index in [9.17, 15) is 9.59 Å². The quantitative estimate of drug-likeness (QED) is 0.814. The molecule has 1 heterocycles. The van der Waals surface area contributed by atoms with E-state index in [1.165, 1.54) is 11.3 Å². The summed E-state index contributed by atoms with van der Waals surface area (Å²) in [5, 5.41) is 3.60. The highest BCUT2D eigenvalue weighted by Crippen LogP contribution is 2.32. The minimum atomic E-state index is -0.365. The van der Waals surface area contributed by atoms with E-state index in [1.807, 2.05) is 13.8 Å². The third kappa shape index (κ3) is 3.96. The molecule has 0 saturated carbocycles. The van der Waals surface area contributed by atoms with Crippen molar-refractivity contribution in [3.8, 4) is 0 Å². The Bertz CT molecular complexity index is 467. The maximum absolute atomic E-state index is 11.9. The molecule has 0 aromatic carbocycles. The van der Waals surface area contributed by atoms with Gasteiger partial charge in [-0.15, -0.1) is 11.3 Å². The monoisotopic (exact) mass is 285 g/mol. The molecule has 0 aliphatic rings. The van der Waals surface area contributed by atoms with Crippen LogP contribution >= 0.6 is 11.3 Å². The number of thiophene rings is 1. The molecule has 19 heavy (non-hydrogen) atoms.